The first-order valence-corrected chi connectivity index (χ1v) is 5.83. The average molecular weight is 211 g/mol. The summed E-state index contributed by atoms with van der Waals surface area (Å²) < 4.78 is 4.52. The van der Waals surface area contributed by atoms with Crippen LogP contribution in [0.5, 0.6) is 0 Å². The van der Waals surface area contributed by atoms with Crippen LogP contribution in [-0.4, -0.2) is 19.1 Å². The number of ether oxygens (including phenoxy) is 1. The minimum absolute atomic E-state index is 0.298. The van der Waals surface area contributed by atoms with Gasteiger partial charge in [0, 0.05) is 18.3 Å². The predicted molar refractivity (Wildman–Crippen MR) is 60.4 cm³/mol. The lowest BCUT2D eigenvalue weighted by molar-refractivity contribution is -0.134. The fraction of sp³-hybridized carbons (Fsp3) is 0.750. The van der Waals surface area contributed by atoms with E-state index in [0.717, 1.165) is 0 Å². The summed E-state index contributed by atoms with van der Waals surface area (Å²) in [7, 11) is 1.39. The van der Waals surface area contributed by atoms with Crippen molar-refractivity contribution in [2.75, 3.05) is 7.11 Å². The second kappa shape index (κ2) is 7.32. The topological polar surface area (TPSA) is 38.3 Å². The molecule has 86 valence electrons. The van der Waals surface area contributed by atoms with Crippen molar-refractivity contribution in [1.29, 1.82) is 0 Å². The molecule has 0 amide bonds. The van der Waals surface area contributed by atoms with E-state index >= 15 is 0 Å². The van der Waals surface area contributed by atoms with Crippen LogP contribution in [-0.2, 0) is 9.53 Å². The first-order valence-electron chi connectivity index (χ1n) is 5.83. The van der Waals surface area contributed by atoms with E-state index in [1.54, 1.807) is 6.20 Å². The van der Waals surface area contributed by atoms with E-state index in [-0.39, 0.29) is 5.97 Å². The Bertz CT molecular complexity index is 206. The minimum Gasteiger partial charge on any atom is -0.466 e. The molecule has 3 heteroatoms. The van der Waals surface area contributed by atoms with Crippen molar-refractivity contribution in [3.8, 4) is 0 Å². The number of nitrogens with one attached hydrogen (secondary N) is 1. The molecule has 15 heavy (non-hydrogen) atoms. The minimum atomic E-state index is -0.298. The summed E-state index contributed by atoms with van der Waals surface area (Å²) in [6.45, 7) is 0. The molecular weight excluding hydrogens is 190 g/mol. The van der Waals surface area contributed by atoms with Gasteiger partial charge in [0.2, 0.25) is 0 Å². The second-order valence-electron chi connectivity index (χ2n) is 4.07. The van der Waals surface area contributed by atoms with Crippen molar-refractivity contribution >= 4 is 5.97 Å². The molecule has 1 aliphatic carbocycles. The summed E-state index contributed by atoms with van der Waals surface area (Å²) in [4.78, 5) is 10.8. The molecule has 0 heterocycles. The van der Waals surface area contributed by atoms with Gasteiger partial charge in [-0.3, -0.25) is 0 Å². The van der Waals surface area contributed by atoms with Gasteiger partial charge in [-0.2, -0.15) is 0 Å². The Morgan fingerprint density at radius 3 is 2.40 bits per heavy atom. The molecule has 1 rings (SSSR count). The van der Waals surface area contributed by atoms with Crippen molar-refractivity contribution in [1.82, 2.24) is 5.32 Å². The van der Waals surface area contributed by atoms with Gasteiger partial charge < -0.3 is 10.1 Å². The molecule has 0 aliphatic heterocycles. The second-order valence-corrected chi connectivity index (χ2v) is 4.07. The van der Waals surface area contributed by atoms with Crippen LogP contribution in [0.25, 0.3) is 0 Å². The molecule has 1 fully saturated rings. The molecule has 0 radical (unpaired) electrons. The van der Waals surface area contributed by atoms with Crippen LogP contribution in [0.15, 0.2) is 12.3 Å². The fourth-order valence-electron chi connectivity index (χ4n) is 1.94. The average Bonchev–Trinajstić information content (AvgIpc) is 2.20. The number of hydrogen-bond donors (Lipinski definition) is 1. The van der Waals surface area contributed by atoms with Crippen LogP contribution in [0.4, 0.5) is 0 Å². The highest BCUT2D eigenvalue weighted by Gasteiger charge is 2.08. The van der Waals surface area contributed by atoms with Crippen LogP contribution in [0.1, 0.15) is 44.9 Å². The number of carbonyl (C=O) groups excluding carboxylic acids is 1. The van der Waals surface area contributed by atoms with Crippen molar-refractivity contribution < 1.29 is 9.53 Å². The predicted octanol–water partition coefficient (Wildman–Crippen LogP) is 2.38. The Balaban J connectivity index is 2.23. The Morgan fingerprint density at radius 2 is 1.80 bits per heavy atom. The lowest BCUT2D eigenvalue weighted by Crippen LogP contribution is -2.25. The Labute approximate surface area is 91.9 Å². The van der Waals surface area contributed by atoms with Crippen molar-refractivity contribution in [3.05, 3.63) is 12.3 Å². The highest BCUT2D eigenvalue weighted by atomic mass is 16.5. The molecule has 0 aromatic carbocycles. The molecular formula is C12H21NO2. The van der Waals surface area contributed by atoms with Gasteiger partial charge in [-0.15, -0.1) is 0 Å². The van der Waals surface area contributed by atoms with E-state index in [0.29, 0.717) is 6.04 Å². The maximum Gasteiger partial charge on any atom is 0.331 e. The van der Waals surface area contributed by atoms with Crippen LogP contribution in [0.3, 0.4) is 0 Å². The third kappa shape index (κ3) is 5.45. The molecule has 0 bridgehead atoms. The summed E-state index contributed by atoms with van der Waals surface area (Å²) in [5.74, 6) is -0.298. The number of methoxy groups -OCH3 is 1. The zero-order valence-electron chi connectivity index (χ0n) is 9.50. The number of hydrogen-bond acceptors (Lipinski definition) is 3. The highest BCUT2D eigenvalue weighted by molar-refractivity contribution is 5.81. The molecule has 0 atom stereocenters. The van der Waals surface area contributed by atoms with Gasteiger partial charge in [0.05, 0.1) is 7.11 Å². The largest absolute Gasteiger partial charge is 0.466 e. The van der Waals surface area contributed by atoms with Crippen molar-refractivity contribution in [2.24, 2.45) is 0 Å². The molecule has 0 unspecified atom stereocenters. The highest BCUT2D eigenvalue weighted by Crippen LogP contribution is 2.16. The van der Waals surface area contributed by atoms with Crippen LogP contribution in [0.2, 0.25) is 0 Å². The summed E-state index contributed by atoms with van der Waals surface area (Å²) in [6.07, 6.45) is 12.3. The lowest BCUT2D eigenvalue weighted by Gasteiger charge is -2.19. The van der Waals surface area contributed by atoms with Crippen LogP contribution >= 0.6 is 0 Å². The van der Waals surface area contributed by atoms with E-state index < -0.39 is 0 Å². The molecule has 3 nitrogen and oxygen atoms in total. The smallest absolute Gasteiger partial charge is 0.331 e. The molecule has 0 spiro atoms. The zero-order chi connectivity index (χ0) is 10.9. The molecule has 0 saturated heterocycles. The van der Waals surface area contributed by atoms with Gasteiger partial charge in [-0.25, -0.2) is 4.79 Å². The fourth-order valence-corrected chi connectivity index (χ4v) is 1.94. The SMILES string of the molecule is COC(=O)/C=C/NC1CCCCCCC1. The summed E-state index contributed by atoms with van der Waals surface area (Å²) in [5, 5.41) is 3.27. The third-order valence-corrected chi connectivity index (χ3v) is 2.86. The van der Waals surface area contributed by atoms with Crippen LogP contribution < -0.4 is 5.32 Å². The number of esters is 1. The first-order chi connectivity index (χ1) is 7.33. The van der Waals surface area contributed by atoms with Gasteiger partial charge in [0.15, 0.2) is 0 Å². The van der Waals surface area contributed by atoms with Gasteiger partial charge in [0.1, 0.15) is 0 Å². The molecule has 1 N–H and O–H groups in total. The Kier molecular flexibility index (Phi) is 5.90. The number of carbonyl (C=O) groups is 1. The first kappa shape index (κ1) is 12.1. The molecule has 0 aromatic rings. The third-order valence-electron chi connectivity index (χ3n) is 2.86. The summed E-state index contributed by atoms with van der Waals surface area (Å²) in [5.41, 5.74) is 0. The monoisotopic (exact) mass is 211 g/mol. The zero-order valence-corrected chi connectivity index (χ0v) is 9.50. The van der Waals surface area contributed by atoms with E-state index in [4.69, 9.17) is 0 Å². The van der Waals surface area contributed by atoms with Crippen LogP contribution in [0, 0.1) is 0 Å². The van der Waals surface area contributed by atoms with Gasteiger partial charge in [-0.1, -0.05) is 32.1 Å². The molecule has 0 aromatic heterocycles. The molecule has 1 saturated carbocycles. The van der Waals surface area contributed by atoms with Gasteiger partial charge in [-0.05, 0) is 12.8 Å². The summed E-state index contributed by atoms with van der Waals surface area (Å²) in [6, 6.07) is 0.534. The van der Waals surface area contributed by atoms with Gasteiger partial charge in [0.25, 0.3) is 0 Å². The lowest BCUT2D eigenvalue weighted by atomic mass is 9.97. The van der Waals surface area contributed by atoms with Crippen molar-refractivity contribution in [2.45, 2.75) is 51.0 Å². The summed E-state index contributed by atoms with van der Waals surface area (Å²) >= 11 is 0. The van der Waals surface area contributed by atoms with Gasteiger partial charge >= 0.3 is 5.97 Å². The number of rotatable bonds is 3. The van der Waals surface area contributed by atoms with E-state index in [9.17, 15) is 4.79 Å². The molecule has 1 aliphatic rings. The van der Waals surface area contributed by atoms with E-state index in [2.05, 4.69) is 10.1 Å². The van der Waals surface area contributed by atoms with E-state index in [1.165, 1.54) is 58.1 Å². The quantitative estimate of drug-likeness (QED) is 0.575. The normalized spacial score (nSPS) is 19.5. The standard InChI is InChI=1S/C12H21NO2/c1-15-12(14)9-10-13-11-7-5-3-2-4-6-8-11/h9-11,13H,2-8H2,1H3/b10-9+. The van der Waals surface area contributed by atoms with Crippen molar-refractivity contribution in [3.63, 3.8) is 0 Å². The maximum absolute atomic E-state index is 10.8. The Morgan fingerprint density at radius 1 is 1.20 bits per heavy atom. The Hall–Kier alpha value is -0.990. The maximum atomic E-state index is 10.8. The van der Waals surface area contributed by atoms with E-state index in [1.807, 2.05) is 0 Å².